The lowest BCUT2D eigenvalue weighted by molar-refractivity contribution is 0.0972. The number of hydrogen-bond acceptors (Lipinski definition) is 3. The third-order valence-electron chi connectivity index (χ3n) is 3.52. The molecule has 3 rings (SSSR count). The minimum Gasteiger partial charge on any atom is -0.494 e. The third-order valence-corrected chi connectivity index (χ3v) is 3.52. The third kappa shape index (κ3) is 2.39. The van der Waals surface area contributed by atoms with Crippen molar-refractivity contribution < 1.29 is 9.53 Å². The molecule has 0 saturated heterocycles. The number of ketones is 1. The van der Waals surface area contributed by atoms with Crippen molar-refractivity contribution in [2.75, 3.05) is 11.9 Å². The molecule has 0 unspecified atom stereocenters. The summed E-state index contributed by atoms with van der Waals surface area (Å²) in [4.78, 5) is 12.2. The van der Waals surface area contributed by atoms with Crippen molar-refractivity contribution >= 4 is 11.5 Å². The monoisotopic (exact) mass is 267 g/mol. The van der Waals surface area contributed by atoms with Crippen molar-refractivity contribution in [3.8, 4) is 5.75 Å². The minimum atomic E-state index is 0.0119. The van der Waals surface area contributed by atoms with Gasteiger partial charge in [0.25, 0.3) is 0 Å². The number of ether oxygens (including phenoxy) is 1. The van der Waals surface area contributed by atoms with Gasteiger partial charge in [-0.2, -0.15) is 0 Å². The Morgan fingerprint density at radius 2 is 2.05 bits per heavy atom. The van der Waals surface area contributed by atoms with Gasteiger partial charge >= 0.3 is 0 Å². The zero-order valence-electron chi connectivity index (χ0n) is 11.4. The summed E-state index contributed by atoms with van der Waals surface area (Å²) in [7, 11) is 0. The van der Waals surface area contributed by atoms with Crippen LogP contribution in [0.25, 0.3) is 0 Å². The Morgan fingerprint density at radius 3 is 2.90 bits per heavy atom. The normalized spacial score (nSPS) is 17.2. The molecule has 0 radical (unpaired) electrons. The molecule has 0 spiro atoms. The average Bonchev–Trinajstić information content (AvgIpc) is 2.48. The average molecular weight is 267 g/mol. The number of fused-ring (bicyclic) bond motifs is 1. The van der Waals surface area contributed by atoms with E-state index in [9.17, 15) is 4.79 Å². The van der Waals surface area contributed by atoms with Gasteiger partial charge in [0.05, 0.1) is 12.6 Å². The van der Waals surface area contributed by atoms with Crippen LogP contribution >= 0.6 is 0 Å². The zero-order valence-corrected chi connectivity index (χ0v) is 11.4. The Balaban J connectivity index is 1.89. The van der Waals surface area contributed by atoms with E-state index < -0.39 is 0 Å². The van der Waals surface area contributed by atoms with Crippen LogP contribution in [0.1, 0.15) is 35.3 Å². The van der Waals surface area contributed by atoms with Gasteiger partial charge in [-0.1, -0.05) is 24.3 Å². The van der Waals surface area contributed by atoms with E-state index in [1.807, 2.05) is 55.5 Å². The molecule has 102 valence electrons. The SMILES string of the molecule is CCOc1cccc([C@@H]2CC(=O)c3ccccc3N2)c1. The van der Waals surface area contributed by atoms with Gasteiger partial charge in [-0.15, -0.1) is 0 Å². The van der Waals surface area contributed by atoms with Crippen LogP contribution in [-0.4, -0.2) is 12.4 Å². The maximum Gasteiger partial charge on any atom is 0.167 e. The van der Waals surface area contributed by atoms with E-state index in [0.29, 0.717) is 13.0 Å². The summed E-state index contributed by atoms with van der Waals surface area (Å²) in [6.45, 7) is 2.61. The van der Waals surface area contributed by atoms with Gasteiger partial charge < -0.3 is 10.1 Å². The molecule has 0 amide bonds. The molecule has 1 aliphatic heterocycles. The first kappa shape index (κ1) is 12.7. The lowest BCUT2D eigenvalue weighted by atomic mass is 9.92. The molecule has 0 aromatic heterocycles. The topological polar surface area (TPSA) is 38.3 Å². The van der Waals surface area contributed by atoms with Crippen molar-refractivity contribution in [1.29, 1.82) is 0 Å². The molecule has 2 aromatic carbocycles. The lowest BCUT2D eigenvalue weighted by Gasteiger charge is -2.26. The molecule has 0 fully saturated rings. The fourth-order valence-electron chi connectivity index (χ4n) is 2.58. The number of benzene rings is 2. The van der Waals surface area contributed by atoms with Crippen LogP contribution in [0.3, 0.4) is 0 Å². The first-order valence-electron chi connectivity index (χ1n) is 6.89. The van der Waals surface area contributed by atoms with E-state index in [4.69, 9.17) is 4.74 Å². The maximum absolute atomic E-state index is 12.2. The van der Waals surface area contributed by atoms with Crippen LogP contribution < -0.4 is 10.1 Å². The number of anilines is 1. The van der Waals surface area contributed by atoms with E-state index in [-0.39, 0.29) is 11.8 Å². The molecule has 20 heavy (non-hydrogen) atoms. The standard InChI is InChI=1S/C17H17NO2/c1-2-20-13-7-5-6-12(10-13)16-11-17(19)14-8-3-4-9-15(14)18-16/h3-10,16,18H,2,11H2,1H3/t16-/m0/s1. The highest BCUT2D eigenvalue weighted by Gasteiger charge is 2.25. The number of Topliss-reactive ketones (excluding diaryl/α,β-unsaturated/α-hetero) is 1. The first-order chi connectivity index (χ1) is 9.78. The Labute approximate surface area is 118 Å². The van der Waals surface area contributed by atoms with Crippen molar-refractivity contribution in [2.24, 2.45) is 0 Å². The maximum atomic E-state index is 12.2. The van der Waals surface area contributed by atoms with E-state index in [2.05, 4.69) is 5.32 Å². The minimum absolute atomic E-state index is 0.0119. The number of carbonyl (C=O) groups excluding carboxylic acids is 1. The predicted octanol–water partition coefficient (Wildman–Crippen LogP) is 3.82. The molecular formula is C17H17NO2. The molecule has 1 aliphatic rings. The van der Waals surface area contributed by atoms with Crippen LogP contribution in [0.4, 0.5) is 5.69 Å². The van der Waals surface area contributed by atoms with Crippen LogP contribution in [0.5, 0.6) is 5.75 Å². The predicted molar refractivity (Wildman–Crippen MR) is 79.4 cm³/mol. The summed E-state index contributed by atoms with van der Waals surface area (Å²) < 4.78 is 5.52. The van der Waals surface area contributed by atoms with Gasteiger partial charge in [0.1, 0.15) is 5.75 Å². The Kier molecular flexibility index (Phi) is 3.42. The second-order valence-corrected chi connectivity index (χ2v) is 4.88. The van der Waals surface area contributed by atoms with E-state index in [1.54, 1.807) is 0 Å². The summed E-state index contributed by atoms with van der Waals surface area (Å²) in [5.74, 6) is 1.03. The zero-order chi connectivity index (χ0) is 13.9. The van der Waals surface area contributed by atoms with Crippen LogP contribution in [0.15, 0.2) is 48.5 Å². The molecule has 0 aliphatic carbocycles. The highest BCUT2D eigenvalue weighted by Crippen LogP contribution is 2.33. The summed E-state index contributed by atoms with van der Waals surface area (Å²) in [6, 6.07) is 15.6. The molecule has 3 heteroatoms. The van der Waals surface area contributed by atoms with E-state index in [1.165, 1.54) is 0 Å². The Bertz CT molecular complexity index is 636. The number of carbonyl (C=O) groups is 1. The van der Waals surface area contributed by atoms with E-state index in [0.717, 1.165) is 22.6 Å². The summed E-state index contributed by atoms with van der Waals surface area (Å²) >= 11 is 0. The molecule has 3 nitrogen and oxygen atoms in total. The van der Waals surface area contributed by atoms with E-state index >= 15 is 0 Å². The van der Waals surface area contributed by atoms with Gasteiger partial charge in [0, 0.05) is 17.7 Å². The molecule has 1 N–H and O–H groups in total. The number of nitrogens with one attached hydrogen (secondary N) is 1. The number of para-hydroxylation sites is 1. The molecule has 1 heterocycles. The molecule has 0 saturated carbocycles. The van der Waals surface area contributed by atoms with Crippen molar-refractivity contribution in [2.45, 2.75) is 19.4 Å². The molecule has 0 bridgehead atoms. The largest absolute Gasteiger partial charge is 0.494 e. The fraction of sp³-hybridized carbons (Fsp3) is 0.235. The quantitative estimate of drug-likeness (QED) is 0.918. The smallest absolute Gasteiger partial charge is 0.167 e. The van der Waals surface area contributed by atoms with Gasteiger partial charge in [-0.25, -0.2) is 0 Å². The van der Waals surface area contributed by atoms with Crippen LogP contribution in [0.2, 0.25) is 0 Å². The number of rotatable bonds is 3. The van der Waals surface area contributed by atoms with Gasteiger partial charge in [-0.3, -0.25) is 4.79 Å². The van der Waals surface area contributed by atoms with Crippen molar-refractivity contribution in [3.63, 3.8) is 0 Å². The molecule has 1 atom stereocenters. The summed E-state index contributed by atoms with van der Waals surface area (Å²) in [6.07, 6.45) is 0.479. The van der Waals surface area contributed by atoms with Gasteiger partial charge in [0.15, 0.2) is 5.78 Å². The Morgan fingerprint density at radius 1 is 1.20 bits per heavy atom. The highest BCUT2D eigenvalue weighted by molar-refractivity contribution is 6.03. The summed E-state index contributed by atoms with van der Waals surface area (Å²) in [5, 5.41) is 3.44. The van der Waals surface area contributed by atoms with Crippen LogP contribution in [-0.2, 0) is 0 Å². The second kappa shape index (κ2) is 5.37. The second-order valence-electron chi connectivity index (χ2n) is 4.88. The molecular weight excluding hydrogens is 250 g/mol. The van der Waals surface area contributed by atoms with Gasteiger partial charge in [-0.05, 0) is 36.8 Å². The highest BCUT2D eigenvalue weighted by atomic mass is 16.5. The lowest BCUT2D eigenvalue weighted by Crippen LogP contribution is -2.22. The Hall–Kier alpha value is -2.29. The van der Waals surface area contributed by atoms with Crippen molar-refractivity contribution in [1.82, 2.24) is 0 Å². The van der Waals surface area contributed by atoms with Crippen LogP contribution in [0, 0.1) is 0 Å². The fourth-order valence-corrected chi connectivity index (χ4v) is 2.58. The first-order valence-corrected chi connectivity index (χ1v) is 6.89. The van der Waals surface area contributed by atoms with Gasteiger partial charge in [0.2, 0.25) is 0 Å². The summed E-state index contributed by atoms with van der Waals surface area (Å²) in [5.41, 5.74) is 2.78. The molecule has 2 aromatic rings. The van der Waals surface area contributed by atoms with Crippen molar-refractivity contribution in [3.05, 3.63) is 59.7 Å². The number of hydrogen-bond donors (Lipinski definition) is 1.